The lowest BCUT2D eigenvalue weighted by atomic mass is 9.48. The van der Waals surface area contributed by atoms with Crippen molar-refractivity contribution in [1.82, 2.24) is 4.57 Å². The summed E-state index contributed by atoms with van der Waals surface area (Å²) in [4.78, 5) is 28.2. The minimum absolute atomic E-state index is 0. The molecule has 4 bridgehead atoms. The Morgan fingerprint density at radius 2 is 1.57 bits per heavy atom. The summed E-state index contributed by atoms with van der Waals surface area (Å²) < 4.78 is 2.38. The van der Waals surface area contributed by atoms with Crippen molar-refractivity contribution in [2.45, 2.75) is 89.5 Å². The highest BCUT2D eigenvalue weighted by Gasteiger charge is 2.51. The van der Waals surface area contributed by atoms with E-state index in [9.17, 15) is 14.7 Å². The molecule has 1 N–H and O–H groups in total. The van der Waals surface area contributed by atoms with Gasteiger partial charge in [-0.05, 0) is 104 Å². The summed E-state index contributed by atoms with van der Waals surface area (Å²) in [5, 5.41) is 11.0. The third kappa shape index (κ3) is 4.67. The number of halogens is 1. The van der Waals surface area contributed by atoms with Crippen LogP contribution in [-0.4, -0.2) is 34.5 Å². The molecular formula is C36H43ClN2O3. The molecule has 0 atom stereocenters. The number of nitrogens with zero attached hydrogens (tertiary/aromatic N) is 2. The van der Waals surface area contributed by atoms with Crippen LogP contribution in [0.4, 0.5) is 5.69 Å². The van der Waals surface area contributed by atoms with E-state index >= 15 is 0 Å². The number of benzene rings is 2. The predicted octanol–water partition coefficient (Wildman–Crippen LogP) is 8.47. The van der Waals surface area contributed by atoms with Gasteiger partial charge in [-0.3, -0.25) is 4.79 Å². The van der Waals surface area contributed by atoms with Gasteiger partial charge in [0.15, 0.2) is 5.78 Å². The molecule has 5 fully saturated rings. The molecule has 2 heterocycles. The number of hydrogen-bond donors (Lipinski definition) is 1. The standard InChI is InChI=1S/C36H42N2O3.ClH/c39-28(21-36-18-23-14-24(19-36)16-25(15-23)20-36)22-37-12-13-38-32-17-27(35(40)41)10-11-29(32)33(26-6-2-1-3-7-26)34(38)30-8-4-5-9-31(30)37;/h4-5,8-11,17,23-26H,1-3,6-7,12-16,18-22H2,(H,40,41);1H. The largest absolute Gasteiger partial charge is 0.478 e. The number of aromatic carboxylic acids is 1. The first kappa shape index (κ1) is 28.0. The van der Waals surface area contributed by atoms with Crippen LogP contribution < -0.4 is 4.90 Å². The molecule has 6 heteroatoms. The van der Waals surface area contributed by atoms with Gasteiger partial charge in [-0.1, -0.05) is 43.5 Å². The Bertz CT molecular complexity index is 1500. The summed E-state index contributed by atoms with van der Waals surface area (Å²) in [6.07, 6.45) is 15.0. The topological polar surface area (TPSA) is 62.5 Å². The highest BCUT2D eigenvalue weighted by molar-refractivity contribution is 6.00. The van der Waals surface area contributed by atoms with Crippen LogP contribution in [0, 0.1) is 23.2 Å². The van der Waals surface area contributed by atoms with E-state index in [1.807, 2.05) is 6.07 Å². The van der Waals surface area contributed by atoms with Crippen molar-refractivity contribution in [1.29, 1.82) is 0 Å². The Hall–Kier alpha value is -2.79. The zero-order valence-electron chi connectivity index (χ0n) is 24.5. The maximum Gasteiger partial charge on any atom is 0.335 e. The van der Waals surface area contributed by atoms with Crippen LogP contribution in [0.5, 0.6) is 0 Å². The number of carbonyl (C=O) groups excluding carboxylic acids is 1. The molecule has 1 aromatic heterocycles. The van der Waals surface area contributed by atoms with Gasteiger partial charge < -0.3 is 14.6 Å². The number of carboxylic acid groups (broad SMARTS) is 1. The van der Waals surface area contributed by atoms with Crippen molar-refractivity contribution < 1.29 is 14.7 Å². The van der Waals surface area contributed by atoms with Crippen LogP contribution >= 0.6 is 12.4 Å². The highest BCUT2D eigenvalue weighted by Crippen LogP contribution is 2.61. The lowest BCUT2D eigenvalue weighted by Crippen LogP contribution is -2.47. The first-order valence-corrected chi connectivity index (χ1v) is 16.2. The number of anilines is 1. The zero-order chi connectivity index (χ0) is 27.7. The van der Waals surface area contributed by atoms with Gasteiger partial charge in [-0.25, -0.2) is 4.79 Å². The average Bonchev–Trinajstić information content (AvgIpc) is 3.19. The van der Waals surface area contributed by atoms with Crippen molar-refractivity contribution >= 4 is 40.7 Å². The van der Waals surface area contributed by atoms with Gasteiger partial charge in [0.1, 0.15) is 0 Å². The van der Waals surface area contributed by atoms with Crippen LogP contribution in [0.2, 0.25) is 0 Å². The fourth-order valence-electron chi connectivity index (χ4n) is 10.5. The Kier molecular flexibility index (Phi) is 7.16. The third-order valence-corrected chi connectivity index (χ3v) is 11.6. The van der Waals surface area contributed by atoms with E-state index in [0.29, 0.717) is 23.8 Å². The number of hydrogen-bond acceptors (Lipinski definition) is 3. The predicted molar refractivity (Wildman–Crippen MR) is 170 cm³/mol. The zero-order valence-corrected chi connectivity index (χ0v) is 25.3. The smallest absolute Gasteiger partial charge is 0.335 e. The van der Waals surface area contributed by atoms with E-state index in [1.165, 1.54) is 92.8 Å². The molecule has 0 spiro atoms. The number of carboxylic acids is 1. The van der Waals surface area contributed by atoms with Gasteiger partial charge >= 0.3 is 5.97 Å². The number of Topliss-reactive ketones (excluding diaryl/α,β-unsaturated/α-hetero) is 1. The maximum absolute atomic E-state index is 13.9. The second-order valence-electron chi connectivity index (χ2n) is 14.4. The van der Waals surface area contributed by atoms with E-state index in [1.54, 1.807) is 6.07 Å². The highest BCUT2D eigenvalue weighted by atomic mass is 35.5. The molecule has 0 unspecified atom stereocenters. The summed E-state index contributed by atoms with van der Waals surface area (Å²) in [7, 11) is 0. The number of rotatable bonds is 6. The molecule has 222 valence electrons. The van der Waals surface area contributed by atoms with E-state index in [-0.39, 0.29) is 17.8 Å². The fourth-order valence-corrected chi connectivity index (χ4v) is 10.5. The van der Waals surface area contributed by atoms with Crippen LogP contribution in [0.15, 0.2) is 42.5 Å². The molecule has 2 aromatic carbocycles. The number of aromatic nitrogens is 1. The van der Waals surface area contributed by atoms with Crippen LogP contribution in [0.1, 0.15) is 98.9 Å². The maximum atomic E-state index is 13.9. The monoisotopic (exact) mass is 586 g/mol. The van der Waals surface area contributed by atoms with E-state index in [2.05, 4.69) is 39.8 Å². The molecule has 0 radical (unpaired) electrons. The minimum Gasteiger partial charge on any atom is -0.478 e. The Morgan fingerprint density at radius 3 is 2.26 bits per heavy atom. The normalized spacial score (nSPS) is 28.2. The molecule has 1 aliphatic heterocycles. The molecule has 42 heavy (non-hydrogen) atoms. The molecule has 5 saturated carbocycles. The molecule has 9 rings (SSSR count). The van der Waals surface area contributed by atoms with E-state index in [4.69, 9.17) is 0 Å². The summed E-state index contributed by atoms with van der Waals surface area (Å²) in [5.74, 6) is 2.59. The quantitative estimate of drug-likeness (QED) is 0.315. The average molecular weight is 587 g/mol. The van der Waals surface area contributed by atoms with Gasteiger partial charge in [-0.2, -0.15) is 0 Å². The number of ketones is 1. The SMILES string of the molecule is Cl.O=C(CN1CCn2c(c(C3CCCCC3)c3ccc(C(=O)O)cc32)-c2ccccc21)CC12CC3CC(CC(C3)C1)C2. The number of carbonyl (C=O) groups is 2. The molecule has 5 aliphatic carbocycles. The third-order valence-electron chi connectivity index (χ3n) is 11.6. The second-order valence-corrected chi connectivity index (χ2v) is 14.4. The Morgan fingerprint density at radius 1 is 0.881 bits per heavy atom. The number of fused-ring (bicyclic) bond motifs is 5. The van der Waals surface area contributed by atoms with Crippen molar-refractivity contribution in [3.8, 4) is 11.3 Å². The van der Waals surface area contributed by atoms with Gasteiger partial charge in [0.25, 0.3) is 0 Å². The van der Waals surface area contributed by atoms with Crippen molar-refractivity contribution in [2.24, 2.45) is 23.2 Å². The van der Waals surface area contributed by atoms with E-state index in [0.717, 1.165) is 48.5 Å². The van der Waals surface area contributed by atoms with Gasteiger partial charge in [0.2, 0.25) is 0 Å². The summed E-state index contributed by atoms with van der Waals surface area (Å²) in [6, 6.07) is 14.4. The molecule has 3 aromatic rings. The van der Waals surface area contributed by atoms with Gasteiger partial charge in [0, 0.05) is 41.7 Å². The van der Waals surface area contributed by atoms with Crippen molar-refractivity contribution in [2.75, 3.05) is 18.0 Å². The number of para-hydroxylation sites is 1. The first-order chi connectivity index (χ1) is 20.0. The minimum atomic E-state index is -0.882. The van der Waals surface area contributed by atoms with Crippen molar-refractivity contribution in [3.63, 3.8) is 0 Å². The lowest BCUT2D eigenvalue weighted by molar-refractivity contribution is -0.126. The molecule has 6 aliphatic rings. The molecule has 0 saturated heterocycles. The summed E-state index contributed by atoms with van der Waals surface area (Å²) >= 11 is 0. The Balaban J connectivity index is 0.00000288. The van der Waals surface area contributed by atoms with Gasteiger partial charge in [0.05, 0.1) is 17.8 Å². The van der Waals surface area contributed by atoms with Crippen molar-refractivity contribution in [3.05, 3.63) is 53.6 Å². The van der Waals surface area contributed by atoms with E-state index < -0.39 is 5.97 Å². The molecule has 0 amide bonds. The summed E-state index contributed by atoms with van der Waals surface area (Å²) in [6.45, 7) is 1.98. The van der Waals surface area contributed by atoms with Crippen LogP contribution in [-0.2, 0) is 11.3 Å². The molecular weight excluding hydrogens is 544 g/mol. The lowest BCUT2D eigenvalue weighted by Gasteiger charge is -2.56. The Labute approximate surface area is 255 Å². The van der Waals surface area contributed by atoms with Crippen LogP contribution in [0.3, 0.4) is 0 Å². The molecule has 5 nitrogen and oxygen atoms in total. The fraction of sp³-hybridized carbons (Fsp3) is 0.556. The summed E-state index contributed by atoms with van der Waals surface area (Å²) in [5.41, 5.74) is 6.63. The first-order valence-electron chi connectivity index (χ1n) is 16.2. The second kappa shape index (κ2) is 10.7. The van der Waals surface area contributed by atoms with Crippen LogP contribution in [0.25, 0.3) is 22.2 Å². The van der Waals surface area contributed by atoms with Gasteiger partial charge in [-0.15, -0.1) is 12.4 Å².